The maximum atomic E-state index is 5.38. The van der Waals surface area contributed by atoms with E-state index in [-0.39, 0.29) is 0 Å². The smallest absolute Gasteiger partial charge is 0.162 e. The van der Waals surface area contributed by atoms with Crippen LogP contribution in [0.15, 0.2) is 36.7 Å². The van der Waals surface area contributed by atoms with E-state index in [1.165, 1.54) is 0 Å². The van der Waals surface area contributed by atoms with Gasteiger partial charge >= 0.3 is 0 Å². The van der Waals surface area contributed by atoms with Crippen molar-refractivity contribution in [2.45, 2.75) is 0 Å². The van der Waals surface area contributed by atoms with Crippen molar-refractivity contribution >= 4 is 11.8 Å². The van der Waals surface area contributed by atoms with Crippen LogP contribution in [0.4, 0.5) is 0 Å². The lowest BCUT2D eigenvalue weighted by Crippen LogP contribution is -2.21. The predicted molar refractivity (Wildman–Crippen MR) is 56.7 cm³/mol. The summed E-state index contributed by atoms with van der Waals surface area (Å²) in [6.45, 7) is 0. The van der Waals surface area contributed by atoms with E-state index in [4.69, 9.17) is 4.84 Å². The number of nitrogens with zero attached hydrogens (tertiary/aromatic N) is 1. The second-order valence-corrected chi connectivity index (χ2v) is 3.24. The van der Waals surface area contributed by atoms with Gasteiger partial charge < -0.3 is 9.82 Å². The van der Waals surface area contributed by atoms with Gasteiger partial charge in [0.2, 0.25) is 0 Å². The third-order valence-electron chi connectivity index (χ3n) is 2.24. The molecule has 0 fully saturated rings. The number of nitrogens with one attached hydrogen (secondary N) is 2. The molecule has 74 valence electrons. The number of hydroxylamine groups is 1. The number of aromatic nitrogens is 2. The van der Waals surface area contributed by atoms with E-state index in [2.05, 4.69) is 15.4 Å². The van der Waals surface area contributed by atoms with Crippen molar-refractivity contribution in [1.82, 2.24) is 15.4 Å². The first kappa shape index (κ1) is 8.11. The lowest BCUT2D eigenvalue weighted by atomic mass is 10.1. The Bertz CT molecular complexity index is 502. The number of hydrogen-bond acceptors (Lipinski definition) is 3. The van der Waals surface area contributed by atoms with Gasteiger partial charge in [-0.1, -0.05) is 18.2 Å². The fourth-order valence-corrected chi connectivity index (χ4v) is 1.52. The van der Waals surface area contributed by atoms with Crippen LogP contribution in [-0.4, -0.2) is 9.97 Å². The number of hydrogen-bond donors (Lipinski definition) is 2. The Morgan fingerprint density at radius 2 is 2.13 bits per heavy atom. The zero-order valence-corrected chi connectivity index (χ0v) is 7.90. The van der Waals surface area contributed by atoms with Gasteiger partial charge in [0.25, 0.3) is 0 Å². The van der Waals surface area contributed by atoms with Crippen molar-refractivity contribution in [3.05, 3.63) is 48.0 Å². The van der Waals surface area contributed by atoms with Gasteiger partial charge in [-0.3, -0.25) is 0 Å². The van der Waals surface area contributed by atoms with Crippen LogP contribution >= 0.6 is 0 Å². The molecular weight excluding hydrogens is 190 g/mol. The summed E-state index contributed by atoms with van der Waals surface area (Å²) in [6, 6.07) is 7.83. The highest BCUT2D eigenvalue weighted by Crippen LogP contribution is 2.25. The number of benzene rings is 1. The second kappa shape index (κ2) is 3.16. The fourth-order valence-electron chi connectivity index (χ4n) is 1.52. The first-order valence-corrected chi connectivity index (χ1v) is 4.67. The Hall–Kier alpha value is -2.23. The summed E-state index contributed by atoms with van der Waals surface area (Å²) in [4.78, 5) is 12.5. The lowest BCUT2D eigenvalue weighted by molar-refractivity contribution is 0.248. The van der Waals surface area contributed by atoms with Crippen molar-refractivity contribution < 1.29 is 4.84 Å². The van der Waals surface area contributed by atoms with Crippen LogP contribution in [0.25, 0.3) is 11.8 Å². The third kappa shape index (κ3) is 1.36. The molecule has 0 atom stereocenters. The number of imidazole rings is 1. The molecule has 3 rings (SSSR count). The summed E-state index contributed by atoms with van der Waals surface area (Å²) in [5.41, 5.74) is 4.72. The summed E-state index contributed by atoms with van der Waals surface area (Å²) in [6.07, 6.45) is 5.48. The second-order valence-electron chi connectivity index (χ2n) is 3.24. The summed E-state index contributed by atoms with van der Waals surface area (Å²) >= 11 is 0. The van der Waals surface area contributed by atoms with E-state index in [0.717, 1.165) is 22.8 Å². The predicted octanol–water partition coefficient (Wildman–Crippen LogP) is 1.80. The molecule has 1 aromatic carbocycles. The van der Waals surface area contributed by atoms with Gasteiger partial charge in [-0.25, -0.2) is 10.5 Å². The molecular formula is C11H9N3O. The van der Waals surface area contributed by atoms with E-state index < -0.39 is 0 Å². The van der Waals surface area contributed by atoms with E-state index in [1.54, 1.807) is 12.4 Å². The van der Waals surface area contributed by atoms with Crippen LogP contribution in [0.1, 0.15) is 11.4 Å². The molecule has 0 radical (unpaired) electrons. The molecule has 4 heteroatoms. The Morgan fingerprint density at radius 1 is 1.20 bits per heavy atom. The molecule has 4 nitrogen and oxygen atoms in total. The van der Waals surface area contributed by atoms with Gasteiger partial charge in [-0.2, -0.15) is 0 Å². The Morgan fingerprint density at radius 3 is 3.00 bits per heavy atom. The fraction of sp³-hybridized carbons (Fsp3) is 0. The van der Waals surface area contributed by atoms with Crippen molar-refractivity contribution in [2.24, 2.45) is 0 Å². The summed E-state index contributed by atoms with van der Waals surface area (Å²) in [5, 5.41) is 0. The largest absolute Gasteiger partial charge is 0.381 e. The van der Waals surface area contributed by atoms with Crippen molar-refractivity contribution in [3.63, 3.8) is 0 Å². The van der Waals surface area contributed by atoms with Crippen LogP contribution in [-0.2, 0) is 0 Å². The molecule has 2 aromatic rings. The molecule has 2 N–H and O–H groups in total. The molecule has 15 heavy (non-hydrogen) atoms. The highest BCUT2D eigenvalue weighted by Gasteiger charge is 2.12. The summed E-state index contributed by atoms with van der Waals surface area (Å²) in [5.74, 6) is 1.59. The molecule has 1 aliphatic heterocycles. The molecule has 0 saturated heterocycles. The van der Waals surface area contributed by atoms with Crippen molar-refractivity contribution in [2.75, 3.05) is 0 Å². The third-order valence-corrected chi connectivity index (χ3v) is 2.24. The van der Waals surface area contributed by atoms with Crippen LogP contribution in [0.5, 0.6) is 5.75 Å². The highest BCUT2D eigenvalue weighted by molar-refractivity contribution is 5.80. The van der Waals surface area contributed by atoms with Crippen molar-refractivity contribution in [3.8, 4) is 5.75 Å². The van der Waals surface area contributed by atoms with Crippen LogP contribution in [0.3, 0.4) is 0 Å². The molecule has 0 saturated carbocycles. The maximum absolute atomic E-state index is 5.38. The minimum Gasteiger partial charge on any atom is -0.381 e. The first-order valence-electron chi connectivity index (χ1n) is 4.67. The molecule has 2 heterocycles. The van der Waals surface area contributed by atoms with Crippen LogP contribution in [0, 0.1) is 0 Å². The molecule has 0 spiro atoms. The standard InChI is InChI=1S/C11H9N3O/c1-2-4-10-8(3-1)7-9(14-15-10)11-12-5-6-13-11/h1-7,14H,(H,12,13). The quantitative estimate of drug-likeness (QED) is 0.736. The van der Waals surface area contributed by atoms with Gasteiger partial charge in [0, 0.05) is 18.0 Å². The number of fused-ring (bicyclic) bond motifs is 1. The van der Waals surface area contributed by atoms with E-state index in [9.17, 15) is 0 Å². The minimum atomic E-state index is 0.768. The molecule has 1 aromatic heterocycles. The first-order chi connectivity index (χ1) is 7.43. The molecule has 1 aliphatic rings. The average molecular weight is 199 g/mol. The Kier molecular flexibility index (Phi) is 1.71. The zero-order chi connectivity index (χ0) is 10.1. The number of rotatable bonds is 1. The highest BCUT2D eigenvalue weighted by atomic mass is 16.6. The number of H-pyrrole nitrogens is 1. The Labute approximate surface area is 86.6 Å². The van der Waals surface area contributed by atoms with Gasteiger partial charge in [0.15, 0.2) is 11.6 Å². The van der Waals surface area contributed by atoms with Gasteiger partial charge in [-0.05, 0) is 12.1 Å². The topological polar surface area (TPSA) is 49.9 Å². The molecule has 0 aliphatic carbocycles. The van der Waals surface area contributed by atoms with Gasteiger partial charge in [0.1, 0.15) is 5.70 Å². The zero-order valence-electron chi connectivity index (χ0n) is 7.90. The maximum Gasteiger partial charge on any atom is 0.162 e. The van der Waals surface area contributed by atoms with E-state index in [1.807, 2.05) is 30.3 Å². The van der Waals surface area contributed by atoms with Crippen LogP contribution < -0.4 is 10.3 Å². The van der Waals surface area contributed by atoms with Gasteiger partial charge in [-0.15, -0.1) is 0 Å². The minimum absolute atomic E-state index is 0.768. The number of aromatic amines is 1. The lowest BCUT2D eigenvalue weighted by Gasteiger charge is -2.17. The summed E-state index contributed by atoms with van der Waals surface area (Å²) < 4.78 is 0. The Balaban J connectivity index is 2.06. The van der Waals surface area contributed by atoms with E-state index in [0.29, 0.717) is 0 Å². The SMILES string of the molecule is C1=C(c2ncc[nH]2)NOc2ccccc21. The van der Waals surface area contributed by atoms with Gasteiger partial charge in [0.05, 0.1) is 0 Å². The molecule has 0 bridgehead atoms. The monoisotopic (exact) mass is 199 g/mol. The average Bonchev–Trinajstić information content (AvgIpc) is 2.82. The van der Waals surface area contributed by atoms with Crippen molar-refractivity contribution in [1.29, 1.82) is 0 Å². The molecule has 0 amide bonds. The summed E-state index contributed by atoms with van der Waals surface area (Å²) in [7, 11) is 0. The van der Waals surface area contributed by atoms with Crippen LogP contribution in [0.2, 0.25) is 0 Å². The molecule has 0 unspecified atom stereocenters. The normalized spacial score (nSPS) is 13.5. The number of para-hydroxylation sites is 1. The van der Waals surface area contributed by atoms with E-state index >= 15 is 0 Å².